The molecule has 1 saturated heterocycles. The molecule has 0 aromatic carbocycles. The zero-order chi connectivity index (χ0) is 11.9. The zero-order valence-corrected chi connectivity index (χ0v) is 10.2. The molecule has 2 unspecified atom stereocenters. The van der Waals surface area contributed by atoms with Crippen LogP contribution in [0.15, 0.2) is 22.8 Å². The largest absolute Gasteiger partial charge is 0.469 e. The molecule has 4 heteroatoms. The Bertz CT molecular complexity index is 294. The molecule has 1 aromatic heterocycles. The quantitative estimate of drug-likeness (QED) is 0.563. The van der Waals surface area contributed by atoms with Crippen LogP contribution >= 0.6 is 0 Å². The SMILES string of the molecule is NNC(CCc1ccco1)CCC1CCCO1. The maximum absolute atomic E-state index is 5.61. The van der Waals surface area contributed by atoms with Gasteiger partial charge in [-0.3, -0.25) is 11.3 Å². The van der Waals surface area contributed by atoms with Gasteiger partial charge in [-0.1, -0.05) is 0 Å². The van der Waals surface area contributed by atoms with Crippen molar-refractivity contribution in [1.29, 1.82) is 0 Å². The van der Waals surface area contributed by atoms with E-state index in [1.807, 2.05) is 12.1 Å². The highest BCUT2D eigenvalue weighted by Gasteiger charge is 2.17. The van der Waals surface area contributed by atoms with Crippen LogP contribution in [0.3, 0.4) is 0 Å². The number of furan rings is 1. The third-order valence-electron chi connectivity index (χ3n) is 3.42. The second-order valence-electron chi connectivity index (χ2n) is 4.69. The molecule has 4 nitrogen and oxygen atoms in total. The Hall–Kier alpha value is -0.840. The number of nitrogens with two attached hydrogens (primary N) is 1. The lowest BCUT2D eigenvalue weighted by molar-refractivity contribution is 0.0992. The molecule has 0 aliphatic carbocycles. The average Bonchev–Trinajstić information content (AvgIpc) is 3.02. The van der Waals surface area contributed by atoms with Crippen molar-refractivity contribution in [2.75, 3.05) is 6.61 Å². The Morgan fingerprint density at radius 3 is 3.06 bits per heavy atom. The average molecular weight is 238 g/mol. The maximum atomic E-state index is 5.61. The van der Waals surface area contributed by atoms with Crippen LogP contribution in [0.5, 0.6) is 0 Å². The Kier molecular flexibility index (Phi) is 5.04. The molecule has 0 saturated carbocycles. The van der Waals surface area contributed by atoms with Gasteiger partial charge in [0.1, 0.15) is 5.76 Å². The predicted octanol–water partition coefficient (Wildman–Crippen LogP) is 2.00. The van der Waals surface area contributed by atoms with Crippen molar-refractivity contribution in [1.82, 2.24) is 5.43 Å². The first kappa shape index (κ1) is 12.6. The lowest BCUT2D eigenvalue weighted by Crippen LogP contribution is -2.36. The molecule has 2 rings (SSSR count). The van der Waals surface area contributed by atoms with Crippen LogP contribution in [0.1, 0.15) is 37.9 Å². The number of nitrogens with one attached hydrogen (secondary N) is 1. The van der Waals surface area contributed by atoms with E-state index in [2.05, 4.69) is 5.43 Å². The maximum Gasteiger partial charge on any atom is 0.103 e. The molecule has 1 fully saturated rings. The fraction of sp³-hybridized carbons (Fsp3) is 0.692. The van der Waals surface area contributed by atoms with Gasteiger partial charge >= 0.3 is 0 Å². The van der Waals surface area contributed by atoms with E-state index in [9.17, 15) is 0 Å². The summed E-state index contributed by atoms with van der Waals surface area (Å²) >= 11 is 0. The Morgan fingerprint density at radius 1 is 1.47 bits per heavy atom. The van der Waals surface area contributed by atoms with E-state index < -0.39 is 0 Å². The summed E-state index contributed by atoms with van der Waals surface area (Å²) in [6, 6.07) is 4.28. The molecule has 1 aliphatic rings. The summed E-state index contributed by atoms with van der Waals surface area (Å²) in [6.45, 7) is 0.928. The van der Waals surface area contributed by atoms with E-state index in [-0.39, 0.29) is 0 Å². The molecule has 3 N–H and O–H groups in total. The van der Waals surface area contributed by atoms with Crippen molar-refractivity contribution in [3.63, 3.8) is 0 Å². The number of ether oxygens (including phenoxy) is 1. The number of hydrogen-bond donors (Lipinski definition) is 2. The third-order valence-corrected chi connectivity index (χ3v) is 3.42. The van der Waals surface area contributed by atoms with Crippen LogP contribution in [0.25, 0.3) is 0 Å². The Labute approximate surface area is 102 Å². The van der Waals surface area contributed by atoms with E-state index >= 15 is 0 Å². The van der Waals surface area contributed by atoms with Crippen LogP contribution in [0.2, 0.25) is 0 Å². The van der Waals surface area contributed by atoms with E-state index in [0.717, 1.165) is 38.1 Å². The van der Waals surface area contributed by atoms with Gasteiger partial charge in [0.05, 0.1) is 12.4 Å². The molecule has 0 bridgehead atoms. The molecule has 0 spiro atoms. The van der Waals surface area contributed by atoms with Crippen LogP contribution in [-0.4, -0.2) is 18.8 Å². The smallest absolute Gasteiger partial charge is 0.103 e. The summed E-state index contributed by atoms with van der Waals surface area (Å²) in [4.78, 5) is 0. The van der Waals surface area contributed by atoms with Gasteiger partial charge in [0.25, 0.3) is 0 Å². The molecule has 0 radical (unpaired) electrons. The van der Waals surface area contributed by atoms with Crippen LogP contribution in [-0.2, 0) is 11.2 Å². The standard InChI is InChI=1S/C13H22N2O2/c14-15-11(5-7-12-3-1-9-16-12)6-8-13-4-2-10-17-13/h1,3,9,11,13,15H,2,4-8,10,14H2. The van der Waals surface area contributed by atoms with E-state index in [1.165, 1.54) is 12.8 Å². The summed E-state index contributed by atoms with van der Waals surface area (Å²) in [7, 11) is 0. The first-order valence-electron chi connectivity index (χ1n) is 6.48. The van der Waals surface area contributed by atoms with Gasteiger partial charge in [-0.05, 0) is 44.2 Å². The Morgan fingerprint density at radius 2 is 2.41 bits per heavy atom. The minimum Gasteiger partial charge on any atom is -0.469 e. The van der Waals surface area contributed by atoms with E-state index in [0.29, 0.717) is 12.1 Å². The van der Waals surface area contributed by atoms with Gasteiger partial charge in [0.15, 0.2) is 0 Å². The summed E-state index contributed by atoms with van der Waals surface area (Å²) in [6.07, 6.45) is 8.70. The predicted molar refractivity (Wildman–Crippen MR) is 66.3 cm³/mol. The first-order chi connectivity index (χ1) is 8.38. The number of aryl methyl sites for hydroxylation is 1. The fourth-order valence-electron chi connectivity index (χ4n) is 2.34. The van der Waals surface area contributed by atoms with Crippen molar-refractivity contribution in [2.45, 2.75) is 50.7 Å². The fourth-order valence-corrected chi connectivity index (χ4v) is 2.34. The monoisotopic (exact) mass is 238 g/mol. The van der Waals surface area contributed by atoms with Crippen molar-refractivity contribution in [3.8, 4) is 0 Å². The summed E-state index contributed by atoms with van der Waals surface area (Å²) in [5.74, 6) is 6.61. The summed E-state index contributed by atoms with van der Waals surface area (Å²) < 4.78 is 10.9. The molecule has 2 atom stereocenters. The van der Waals surface area contributed by atoms with Crippen molar-refractivity contribution in [2.24, 2.45) is 5.84 Å². The van der Waals surface area contributed by atoms with Gasteiger partial charge < -0.3 is 9.15 Å². The Balaban J connectivity index is 1.65. The summed E-state index contributed by atoms with van der Waals surface area (Å²) in [5, 5.41) is 0. The topological polar surface area (TPSA) is 60.4 Å². The highest BCUT2D eigenvalue weighted by Crippen LogP contribution is 2.19. The van der Waals surface area contributed by atoms with Crippen molar-refractivity contribution in [3.05, 3.63) is 24.2 Å². The lowest BCUT2D eigenvalue weighted by atomic mass is 10.0. The van der Waals surface area contributed by atoms with Crippen molar-refractivity contribution < 1.29 is 9.15 Å². The second-order valence-corrected chi connectivity index (χ2v) is 4.69. The summed E-state index contributed by atoms with van der Waals surface area (Å²) in [5.41, 5.74) is 2.89. The minimum atomic E-state index is 0.351. The molecule has 17 heavy (non-hydrogen) atoms. The highest BCUT2D eigenvalue weighted by atomic mass is 16.5. The van der Waals surface area contributed by atoms with Gasteiger partial charge in [-0.15, -0.1) is 0 Å². The van der Waals surface area contributed by atoms with Gasteiger partial charge in [-0.25, -0.2) is 0 Å². The molecule has 1 aromatic rings. The van der Waals surface area contributed by atoms with E-state index in [1.54, 1.807) is 6.26 Å². The van der Waals surface area contributed by atoms with Crippen LogP contribution < -0.4 is 11.3 Å². The van der Waals surface area contributed by atoms with Crippen LogP contribution in [0, 0.1) is 0 Å². The molecule has 1 aliphatic heterocycles. The second kappa shape index (κ2) is 6.79. The molecule has 96 valence electrons. The van der Waals surface area contributed by atoms with E-state index in [4.69, 9.17) is 15.0 Å². The molecular formula is C13H22N2O2. The highest BCUT2D eigenvalue weighted by molar-refractivity contribution is 4.98. The lowest BCUT2D eigenvalue weighted by Gasteiger charge is -2.17. The molecular weight excluding hydrogens is 216 g/mol. The van der Waals surface area contributed by atoms with Crippen molar-refractivity contribution >= 4 is 0 Å². The number of hydrogen-bond acceptors (Lipinski definition) is 4. The first-order valence-corrected chi connectivity index (χ1v) is 6.48. The van der Waals surface area contributed by atoms with Gasteiger partial charge in [-0.2, -0.15) is 0 Å². The third kappa shape index (κ3) is 4.15. The normalized spacial score (nSPS) is 21.8. The zero-order valence-electron chi connectivity index (χ0n) is 10.2. The van der Waals surface area contributed by atoms with Gasteiger partial charge in [0, 0.05) is 19.1 Å². The number of hydrazine groups is 1. The van der Waals surface area contributed by atoms with Crippen LogP contribution in [0.4, 0.5) is 0 Å². The van der Waals surface area contributed by atoms with Gasteiger partial charge in [0.2, 0.25) is 0 Å². The number of rotatable bonds is 7. The molecule has 0 amide bonds. The molecule has 2 heterocycles. The minimum absolute atomic E-state index is 0.351.